The van der Waals surface area contributed by atoms with Crippen LogP contribution >= 0.6 is 0 Å². The van der Waals surface area contributed by atoms with Crippen LogP contribution in [-0.4, -0.2) is 26.4 Å². The lowest BCUT2D eigenvalue weighted by Gasteiger charge is -2.12. The maximum Gasteiger partial charge on any atom is 0.303 e. The van der Waals surface area contributed by atoms with Crippen molar-refractivity contribution in [2.45, 2.75) is 31.8 Å². The zero-order valence-electron chi connectivity index (χ0n) is 10.8. The second kappa shape index (κ2) is 5.83. The van der Waals surface area contributed by atoms with Gasteiger partial charge < -0.3 is 4.74 Å². The molecule has 0 fully saturated rings. The average molecular weight is 285 g/mol. The Labute approximate surface area is 111 Å². The molecule has 1 amide bonds. The first-order chi connectivity index (χ1) is 8.72. The lowest BCUT2D eigenvalue weighted by atomic mass is 10.2. The van der Waals surface area contributed by atoms with E-state index in [1.807, 2.05) is 11.6 Å². The van der Waals surface area contributed by atoms with Crippen molar-refractivity contribution >= 4 is 21.9 Å². The van der Waals surface area contributed by atoms with E-state index in [9.17, 15) is 18.0 Å². The first-order valence-corrected chi connectivity index (χ1v) is 7.01. The van der Waals surface area contributed by atoms with E-state index in [2.05, 4.69) is 4.74 Å². The second-order valence-electron chi connectivity index (χ2n) is 4.03. The first-order valence-electron chi connectivity index (χ1n) is 5.53. The summed E-state index contributed by atoms with van der Waals surface area (Å²) in [7, 11) is -3.95. The highest BCUT2D eigenvalue weighted by molar-refractivity contribution is 7.90. The molecular weight excluding hydrogens is 270 g/mol. The van der Waals surface area contributed by atoms with Gasteiger partial charge in [0.15, 0.2) is 6.10 Å². The van der Waals surface area contributed by atoms with Crippen LogP contribution in [0.15, 0.2) is 29.2 Å². The van der Waals surface area contributed by atoms with E-state index in [1.165, 1.54) is 19.1 Å². The van der Waals surface area contributed by atoms with Gasteiger partial charge in [0, 0.05) is 6.92 Å². The van der Waals surface area contributed by atoms with Crippen molar-refractivity contribution in [3.05, 3.63) is 29.8 Å². The molecule has 1 atom stereocenters. The average Bonchev–Trinajstić information content (AvgIpc) is 2.27. The zero-order valence-corrected chi connectivity index (χ0v) is 11.7. The van der Waals surface area contributed by atoms with Gasteiger partial charge in [-0.3, -0.25) is 9.59 Å². The van der Waals surface area contributed by atoms with Crippen LogP contribution in [-0.2, 0) is 24.3 Å². The van der Waals surface area contributed by atoms with Crippen molar-refractivity contribution < 1.29 is 22.7 Å². The molecule has 6 nitrogen and oxygen atoms in total. The minimum atomic E-state index is -3.95. The normalized spacial score (nSPS) is 12.6. The molecule has 0 saturated carbocycles. The molecular formula is C12H15NO5S. The van der Waals surface area contributed by atoms with Gasteiger partial charge in [0.1, 0.15) is 0 Å². The van der Waals surface area contributed by atoms with Crippen LogP contribution in [0.1, 0.15) is 19.4 Å². The van der Waals surface area contributed by atoms with Crippen LogP contribution in [0.2, 0.25) is 0 Å². The smallest absolute Gasteiger partial charge is 0.303 e. The Hall–Kier alpha value is -1.89. The monoisotopic (exact) mass is 285 g/mol. The Bertz CT molecular complexity index is 577. The molecule has 0 bridgehead atoms. The Balaban J connectivity index is 2.83. The molecule has 0 saturated heterocycles. The van der Waals surface area contributed by atoms with Gasteiger partial charge in [-0.25, -0.2) is 13.1 Å². The number of benzene rings is 1. The molecule has 0 aliphatic carbocycles. The summed E-state index contributed by atoms with van der Waals surface area (Å²) in [5.41, 5.74) is 0.901. The van der Waals surface area contributed by atoms with Crippen molar-refractivity contribution in [1.82, 2.24) is 4.72 Å². The largest absolute Gasteiger partial charge is 0.453 e. The van der Waals surface area contributed by atoms with E-state index in [0.717, 1.165) is 12.5 Å². The third-order valence-corrected chi connectivity index (χ3v) is 3.64. The fourth-order valence-electron chi connectivity index (χ4n) is 1.29. The molecule has 1 aromatic carbocycles. The molecule has 0 aromatic heterocycles. The zero-order chi connectivity index (χ0) is 14.6. The van der Waals surface area contributed by atoms with Crippen LogP contribution < -0.4 is 4.72 Å². The number of hydrogen-bond acceptors (Lipinski definition) is 5. The number of nitrogens with one attached hydrogen (secondary N) is 1. The Morgan fingerprint density at radius 1 is 1.21 bits per heavy atom. The summed E-state index contributed by atoms with van der Waals surface area (Å²) in [5, 5.41) is 0. The van der Waals surface area contributed by atoms with Gasteiger partial charge in [-0.1, -0.05) is 17.7 Å². The first kappa shape index (κ1) is 15.2. The molecule has 0 aliphatic rings. The third-order valence-electron chi connectivity index (χ3n) is 2.28. The topological polar surface area (TPSA) is 89.5 Å². The maximum absolute atomic E-state index is 11.9. The Morgan fingerprint density at radius 3 is 2.21 bits per heavy atom. The van der Waals surface area contributed by atoms with Gasteiger partial charge in [0.2, 0.25) is 0 Å². The molecule has 0 radical (unpaired) electrons. The van der Waals surface area contributed by atoms with E-state index >= 15 is 0 Å². The van der Waals surface area contributed by atoms with E-state index in [0.29, 0.717) is 0 Å². The fourth-order valence-corrected chi connectivity index (χ4v) is 2.34. The molecule has 0 unspecified atom stereocenters. The number of rotatable bonds is 4. The predicted molar refractivity (Wildman–Crippen MR) is 67.7 cm³/mol. The number of esters is 1. The van der Waals surface area contributed by atoms with Crippen molar-refractivity contribution in [1.29, 1.82) is 0 Å². The third kappa shape index (κ3) is 4.36. The summed E-state index contributed by atoms with van der Waals surface area (Å²) in [6.07, 6.45) is -1.17. The molecule has 7 heteroatoms. The number of carbonyl (C=O) groups excluding carboxylic acids is 2. The Morgan fingerprint density at radius 2 is 1.74 bits per heavy atom. The predicted octanol–water partition coefficient (Wildman–Crippen LogP) is 0.752. The lowest BCUT2D eigenvalue weighted by molar-refractivity contribution is -0.152. The van der Waals surface area contributed by atoms with Gasteiger partial charge >= 0.3 is 5.97 Å². The Kier molecular flexibility index (Phi) is 4.66. The molecule has 104 valence electrons. The quantitative estimate of drug-likeness (QED) is 0.825. The van der Waals surface area contributed by atoms with Gasteiger partial charge in [-0.15, -0.1) is 0 Å². The molecule has 19 heavy (non-hydrogen) atoms. The van der Waals surface area contributed by atoms with E-state index in [1.54, 1.807) is 12.1 Å². The van der Waals surface area contributed by atoms with Gasteiger partial charge in [-0.05, 0) is 26.0 Å². The van der Waals surface area contributed by atoms with Crippen LogP contribution in [0.4, 0.5) is 0 Å². The number of ether oxygens (including phenoxy) is 1. The summed E-state index contributed by atoms with van der Waals surface area (Å²) in [6, 6.07) is 6.02. The molecule has 1 N–H and O–H groups in total. The molecule has 0 heterocycles. The number of carbonyl (C=O) groups is 2. The minimum absolute atomic E-state index is 0.0264. The number of sulfonamides is 1. The lowest BCUT2D eigenvalue weighted by Crippen LogP contribution is -2.39. The van der Waals surface area contributed by atoms with Crippen molar-refractivity contribution in [3.8, 4) is 0 Å². The van der Waals surface area contributed by atoms with Crippen molar-refractivity contribution in [2.24, 2.45) is 0 Å². The highest BCUT2D eigenvalue weighted by Gasteiger charge is 2.23. The van der Waals surface area contributed by atoms with Crippen molar-refractivity contribution in [3.63, 3.8) is 0 Å². The molecule has 1 rings (SSSR count). The molecule has 1 aromatic rings. The van der Waals surface area contributed by atoms with Crippen LogP contribution in [0.3, 0.4) is 0 Å². The highest BCUT2D eigenvalue weighted by Crippen LogP contribution is 2.10. The van der Waals surface area contributed by atoms with Gasteiger partial charge in [0.05, 0.1) is 4.90 Å². The van der Waals surface area contributed by atoms with E-state index < -0.39 is 28.0 Å². The summed E-state index contributed by atoms with van der Waals surface area (Å²) >= 11 is 0. The molecule has 0 spiro atoms. The minimum Gasteiger partial charge on any atom is -0.453 e. The van der Waals surface area contributed by atoms with E-state index in [4.69, 9.17) is 0 Å². The van der Waals surface area contributed by atoms with Crippen molar-refractivity contribution in [2.75, 3.05) is 0 Å². The van der Waals surface area contributed by atoms with E-state index in [-0.39, 0.29) is 4.90 Å². The number of aryl methyl sites for hydroxylation is 1. The fraction of sp³-hybridized carbons (Fsp3) is 0.333. The second-order valence-corrected chi connectivity index (χ2v) is 5.72. The van der Waals surface area contributed by atoms with Crippen LogP contribution in [0, 0.1) is 6.92 Å². The summed E-state index contributed by atoms with van der Waals surface area (Å²) in [5.74, 6) is -1.55. The van der Waals surface area contributed by atoms with Gasteiger partial charge in [-0.2, -0.15) is 0 Å². The highest BCUT2D eigenvalue weighted by atomic mass is 32.2. The summed E-state index contributed by atoms with van der Waals surface area (Å²) in [4.78, 5) is 22.2. The van der Waals surface area contributed by atoms with Crippen LogP contribution in [0.5, 0.6) is 0 Å². The van der Waals surface area contributed by atoms with Crippen LogP contribution in [0.25, 0.3) is 0 Å². The van der Waals surface area contributed by atoms with Gasteiger partial charge in [0.25, 0.3) is 15.9 Å². The summed E-state index contributed by atoms with van der Waals surface area (Å²) in [6.45, 7) is 4.25. The standard InChI is InChI=1S/C12H15NO5S/c1-8-4-6-11(7-5-8)19(16,17)13-12(15)9(2)18-10(3)14/h4-7,9H,1-3H3,(H,13,15)/t9-/m0/s1. The summed E-state index contributed by atoms with van der Waals surface area (Å²) < 4.78 is 30.2. The SMILES string of the molecule is CC(=O)O[C@@H](C)C(=O)NS(=O)(=O)c1ccc(C)cc1. The number of amides is 1. The maximum atomic E-state index is 11.9. The molecule has 0 aliphatic heterocycles. The number of hydrogen-bond donors (Lipinski definition) is 1.